The third-order valence-corrected chi connectivity index (χ3v) is 4.78. The first-order chi connectivity index (χ1) is 12.9. The van der Waals surface area contributed by atoms with E-state index in [0.717, 1.165) is 11.3 Å². The summed E-state index contributed by atoms with van der Waals surface area (Å²) in [6, 6.07) is 15.1. The number of anilines is 1. The smallest absolute Gasteiger partial charge is 0.319 e. The summed E-state index contributed by atoms with van der Waals surface area (Å²) in [5.41, 5.74) is 2.28. The molecule has 2 aromatic carbocycles. The Kier molecular flexibility index (Phi) is 5.53. The number of sulfonamides is 1. The Morgan fingerprint density at radius 2 is 1.81 bits per heavy atom. The SMILES string of the molecule is NS(=O)(=O)c1ccc(CCNC(=O)Nc2ccccc2-n2cccn2)cc1. The van der Waals surface area contributed by atoms with Gasteiger partial charge in [-0.2, -0.15) is 5.10 Å². The zero-order valence-electron chi connectivity index (χ0n) is 14.4. The van der Waals surface area contributed by atoms with Gasteiger partial charge in [-0.25, -0.2) is 23.0 Å². The standard InChI is InChI=1S/C18H19N5O3S/c19-27(25,26)15-8-6-14(7-9-15)10-12-20-18(24)22-16-4-1-2-5-17(16)23-13-3-11-21-23/h1-9,11,13H,10,12H2,(H2,19,25,26)(H2,20,22,24). The molecule has 0 spiro atoms. The fourth-order valence-electron chi connectivity index (χ4n) is 2.52. The molecule has 9 heteroatoms. The van der Waals surface area contributed by atoms with Gasteiger partial charge in [-0.15, -0.1) is 0 Å². The van der Waals surface area contributed by atoms with Crippen LogP contribution >= 0.6 is 0 Å². The molecule has 1 heterocycles. The van der Waals surface area contributed by atoms with Crippen LogP contribution in [0.1, 0.15) is 5.56 Å². The van der Waals surface area contributed by atoms with Crippen molar-refractivity contribution in [2.75, 3.05) is 11.9 Å². The second-order valence-electron chi connectivity index (χ2n) is 5.79. The van der Waals surface area contributed by atoms with Gasteiger partial charge in [-0.3, -0.25) is 0 Å². The number of carbonyl (C=O) groups excluding carboxylic acids is 1. The van der Waals surface area contributed by atoms with Crippen molar-refractivity contribution in [3.63, 3.8) is 0 Å². The number of para-hydroxylation sites is 2. The number of urea groups is 1. The van der Waals surface area contributed by atoms with Crippen molar-refractivity contribution in [3.8, 4) is 5.69 Å². The highest BCUT2D eigenvalue weighted by Gasteiger charge is 2.09. The molecule has 0 saturated heterocycles. The Morgan fingerprint density at radius 1 is 1.07 bits per heavy atom. The summed E-state index contributed by atoms with van der Waals surface area (Å²) in [6.07, 6.45) is 4.01. The van der Waals surface area contributed by atoms with Crippen LogP contribution in [0, 0.1) is 0 Å². The first-order valence-corrected chi connectivity index (χ1v) is 9.74. The number of carbonyl (C=O) groups is 1. The van der Waals surface area contributed by atoms with Crippen molar-refractivity contribution in [1.82, 2.24) is 15.1 Å². The van der Waals surface area contributed by atoms with Gasteiger partial charge in [0.05, 0.1) is 16.3 Å². The second kappa shape index (κ2) is 8.02. The summed E-state index contributed by atoms with van der Waals surface area (Å²) >= 11 is 0. The summed E-state index contributed by atoms with van der Waals surface area (Å²) in [4.78, 5) is 12.2. The number of rotatable bonds is 6. The van der Waals surface area contributed by atoms with E-state index in [1.165, 1.54) is 12.1 Å². The first-order valence-electron chi connectivity index (χ1n) is 8.19. The zero-order valence-corrected chi connectivity index (χ0v) is 15.2. The molecule has 140 valence electrons. The monoisotopic (exact) mass is 385 g/mol. The Balaban J connectivity index is 1.55. The highest BCUT2D eigenvalue weighted by molar-refractivity contribution is 7.89. The van der Waals surface area contributed by atoms with E-state index in [9.17, 15) is 13.2 Å². The Morgan fingerprint density at radius 3 is 2.48 bits per heavy atom. The maximum atomic E-state index is 12.2. The zero-order chi connectivity index (χ0) is 19.3. The molecule has 0 aliphatic rings. The van der Waals surface area contributed by atoms with Crippen LogP contribution in [0.2, 0.25) is 0 Å². The van der Waals surface area contributed by atoms with Crippen molar-refractivity contribution < 1.29 is 13.2 Å². The van der Waals surface area contributed by atoms with Crippen molar-refractivity contribution in [2.24, 2.45) is 5.14 Å². The summed E-state index contributed by atoms with van der Waals surface area (Å²) in [6.45, 7) is 0.393. The molecule has 0 bridgehead atoms. The van der Waals surface area contributed by atoms with Crippen LogP contribution < -0.4 is 15.8 Å². The van der Waals surface area contributed by atoms with Gasteiger partial charge in [0.15, 0.2) is 0 Å². The van der Waals surface area contributed by atoms with Crippen LogP contribution in [-0.2, 0) is 16.4 Å². The fraction of sp³-hybridized carbons (Fsp3) is 0.111. The van der Waals surface area contributed by atoms with Gasteiger partial charge >= 0.3 is 6.03 Å². The Labute approximate surface area is 157 Å². The van der Waals surface area contributed by atoms with E-state index in [1.54, 1.807) is 41.3 Å². The van der Waals surface area contributed by atoms with Crippen LogP contribution in [0.4, 0.5) is 10.5 Å². The maximum absolute atomic E-state index is 12.2. The quantitative estimate of drug-likeness (QED) is 0.600. The van der Waals surface area contributed by atoms with Crippen LogP contribution in [0.25, 0.3) is 5.69 Å². The van der Waals surface area contributed by atoms with E-state index in [2.05, 4.69) is 15.7 Å². The number of nitrogens with one attached hydrogen (secondary N) is 2. The number of hydrogen-bond donors (Lipinski definition) is 3. The predicted octanol–water partition coefficient (Wildman–Crippen LogP) is 1.88. The van der Waals surface area contributed by atoms with E-state index < -0.39 is 10.0 Å². The molecule has 3 aromatic rings. The van der Waals surface area contributed by atoms with E-state index in [-0.39, 0.29) is 10.9 Å². The van der Waals surface area contributed by atoms with Crippen LogP contribution in [0.15, 0.2) is 71.9 Å². The molecule has 0 radical (unpaired) electrons. The number of primary sulfonamides is 1. The molecule has 0 unspecified atom stereocenters. The second-order valence-corrected chi connectivity index (χ2v) is 7.35. The molecule has 27 heavy (non-hydrogen) atoms. The van der Waals surface area contributed by atoms with Crippen molar-refractivity contribution in [1.29, 1.82) is 0 Å². The molecular weight excluding hydrogens is 366 g/mol. The van der Waals surface area contributed by atoms with Gasteiger partial charge in [0.2, 0.25) is 10.0 Å². The predicted molar refractivity (Wildman–Crippen MR) is 102 cm³/mol. The van der Waals surface area contributed by atoms with Crippen molar-refractivity contribution >= 4 is 21.7 Å². The summed E-state index contributed by atoms with van der Waals surface area (Å²) in [7, 11) is -3.70. The van der Waals surface area contributed by atoms with Crippen LogP contribution in [0.5, 0.6) is 0 Å². The molecule has 3 rings (SSSR count). The molecule has 0 atom stereocenters. The number of benzene rings is 2. The molecule has 4 N–H and O–H groups in total. The minimum absolute atomic E-state index is 0.0622. The van der Waals surface area contributed by atoms with Crippen LogP contribution in [-0.4, -0.2) is 30.8 Å². The summed E-state index contributed by atoms with van der Waals surface area (Å²) in [5, 5.41) is 14.8. The average molecular weight is 385 g/mol. The largest absolute Gasteiger partial charge is 0.338 e. The minimum atomic E-state index is -3.70. The van der Waals surface area contributed by atoms with E-state index in [0.29, 0.717) is 18.7 Å². The lowest BCUT2D eigenvalue weighted by Gasteiger charge is -2.12. The third-order valence-electron chi connectivity index (χ3n) is 3.85. The highest BCUT2D eigenvalue weighted by Crippen LogP contribution is 2.18. The average Bonchev–Trinajstić information content (AvgIpc) is 3.16. The summed E-state index contributed by atoms with van der Waals surface area (Å²) in [5.74, 6) is 0. The van der Waals surface area contributed by atoms with Gasteiger partial charge < -0.3 is 10.6 Å². The lowest BCUT2D eigenvalue weighted by atomic mass is 10.1. The maximum Gasteiger partial charge on any atom is 0.319 e. The molecule has 0 aliphatic carbocycles. The molecule has 8 nitrogen and oxygen atoms in total. The number of nitrogens with two attached hydrogens (primary N) is 1. The Bertz CT molecular complexity index is 1020. The first kappa shape index (κ1) is 18.6. The van der Waals surface area contributed by atoms with Gasteiger partial charge in [-0.05, 0) is 42.3 Å². The van der Waals surface area contributed by atoms with E-state index in [1.807, 2.05) is 18.2 Å². The van der Waals surface area contributed by atoms with Gasteiger partial charge in [0.25, 0.3) is 0 Å². The van der Waals surface area contributed by atoms with E-state index >= 15 is 0 Å². The molecule has 1 aromatic heterocycles. The Hall–Kier alpha value is -3.17. The van der Waals surface area contributed by atoms with E-state index in [4.69, 9.17) is 5.14 Å². The van der Waals surface area contributed by atoms with Crippen LogP contribution in [0.3, 0.4) is 0 Å². The summed E-state index contributed by atoms with van der Waals surface area (Å²) < 4.78 is 24.1. The lowest BCUT2D eigenvalue weighted by molar-refractivity contribution is 0.252. The molecule has 0 saturated carbocycles. The number of hydrogen-bond acceptors (Lipinski definition) is 4. The van der Waals surface area contributed by atoms with Gasteiger partial charge in [-0.1, -0.05) is 24.3 Å². The minimum Gasteiger partial charge on any atom is -0.338 e. The fourth-order valence-corrected chi connectivity index (χ4v) is 3.04. The van der Waals surface area contributed by atoms with Gasteiger partial charge in [0.1, 0.15) is 0 Å². The molecule has 0 aliphatic heterocycles. The lowest BCUT2D eigenvalue weighted by Crippen LogP contribution is -2.30. The number of aromatic nitrogens is 2. The van der Waals surface area contributed by atoms with Gasteiger partial charge in [0, 0.05) is 18.9 Å². The third kappa shape index (κ3) is 4.93. The van der Waals surface area contributed by atoms with Crippen molar-refractivity contribution in [2.45, 2.75) is 11.3 Å². The topological polar surface area (TPSA) is 119 Å². The molecule has 2 amide bonds. The number of nitrogens with zero attached hydrogens (tertiary/aromatic N) is 2. The molecule has 0 fully saturated rings. The molecular formula is C18H19N5O3S. The highest BCUT2D eigenvalue weighted by atomic mass is 32.2. The normalized spacial score (nSPS) is 11.1. The number of amides is 2. The van der Waals surface area contributed by atoms with Crippen molar-refractivity contribution in [3.05, 3.63) is 72.6 Å².